The molecule has 3 nitrogen and oxygen atoms in total. The largest absolute Gasteiger partial charge is 0.394 e. The number of hydrogen-bond donors (Lipinski definition) is 1. The van der Waals surface area contributed by atoms with E-state index >= 15 is 0 Å². The zero-order valence-electron chi connectivity index (χ0n) is 19.4. The lowest BCUT2D eigenvalue weighted by molar-refractivity contribution is 0.0641. The van der Waals surface area contributed by atoms with Gasteiger partial charge in [-0.2, -0.15) is 0 Å². The predicted molar refractivity (Wildman–Crippen MR) is 130 cm³/mol. The normalized spacial score (nSPS) is 13.9. The van der Waals surface area contributed by atoms with Crippen LogP contribution in [0.4, 0.5) is 0 Å². The van der Waals surface area contributed by atoms with E-state index in [4.69, 9.17) is 0 Å². The summed E-state index contributed by atoms with van der Waals surface area (Å²) in [5.74, 6) is 0. The summed E-state index contributed by atoms with van der Waals surface area (Å²) in [6.45, 7) is 15.1. The van der Waals surface area contributed by atoms with Gasteiger partial charge in [0.05, 0.1) is 12.1 Å². The zero-order valence-corrected chi connectivity index (χ0v) is 19.4. The average molecular weight is 417 g/mol. The fourth-order valence-corrected chi connectivity index (χ4v) is 3.76. The van der Waals surface area contributed by atoms with Crippen LogP contribution in [0.5, 0.6) is 0 Å². The Morgan fingerprint density at radius 3 is 2.13 bits per heavy atom. The molecule has 3 rings (SSSR count). The summed E-state index contributed by atoms with van der Waals surface area (Å²) in [6.07, 6.45) is 3.99. The Labute approximate surface area is 187 Å². The molecule has 0 bridgehead atoms. The van der Waals surface area contributed by atoms with E-state index in [2.05, 4.69) is 104 Å². The van der Waals surface area contributed by atoms with Gasteiger partial charge in [-0.3, -0.25) is 4.90 Å². The minimum Gasteiger partial charge on any atom is -0.394 e. The van der Waals surface area contributed by atoms with E-state index in [9.17, 15) is 5.11 Å². The fourth-order valence-electron chi connectivity index (χ4n) is 3.76. The third-order valence-corrected chi connectivity index (χ3v) is 6.15. The molecule has 1 aromatic heterocycles. The van der Waals surface area contributed by atoms with Gasteiger partial charge in [0.1, 0.15) is 0 Å². The number of benzene rings is 2. The highest BCUT2D eigenvalue weighted by molar-refractivity contribution is 5.28. The average Bonchev–Trinajstić information content (AvgIpc) is 3.19. The van der Waals surface area contributed by atoms with Crippen LogP contribution in [-0.4, -0.2) is 26.7 Å². The van der Waals surface area contributed by atoms with Crippen LogP contribution in [0.2, 0.25) is 0 Å². The van der Waals surface area contributed by atoms with Crippen molar-refractivity contribution in [2.45, 2.75) is 58.3 Å². The van der Waals surface area contributed by atoms with Crippen molar-refractivity contribution in [1.82, 2.24) is 9.47 Å². The van der Waals surface area contributed by atoms with E-state index in [-0.39, 0.29) is 12.0 Å². The van der Waals surface area contributed by atoms with Crippen molar-refractivity contribution < 1.29 is 5.11 Å². The van der Waals surface area contributed by atoms with Gasteiger partial charge in [-0.15, -0.1) is 6.58 Å². The standard InChI is InChI=1S/C28H36N2O/c1-6-28(5,22-31)30(20-23-11-8-7-9-12-23)21-26-13-10-18-29(26)19-24-14-16-25(17-15-24)27(2,3)4/h6-18,31H,1,19-22H2,2-5H3. The third-order valence-electron chi connectivity index (χ3n) is 6.15. The molecule has 3 heteroatoms. The lowest BCUT2D eigenvalue weighted by Crippen LogP contribution is -2.47. The maximum Gasteiger partial charge on any atom is 0.0648 e. The lowest BCUT2D eigenvalue weighted by atomic mass is 9.87. The third kappa shape index (κ3) is 5.75. The number of rotatable bonds is 9. The molecule has 1 atom stereocenters. The Morgan fingerprint density at radius 2 is 1.55 bits per heavy atom. The molecular weight excluding hydrogens is 380 g/mol. The van der Waals surface area contributed by atoms with Crippen molar-refractivity contribution in [2.24, 2.45) is 0 Å². The highest BCUT2D eigenvalue weighted by Gasteiger charge is 2.29. The van der Waals surface area contributed by atoms with Gasteiger partial charge in [-0.1, -0.05) is 81.4 Å². The number of aromatic nitrogens is 1. The van der Waals surface area contributed by atoms with Gasteiger partial charge in [-0.05, 0) is 41.2 Å². The highest BCUT2D eigenvalue weighted by atomic mass is 16.3. The van der Waals surface area contributed by atoms with Gasteiger partial charge in [0.2, 0.25) is 0 Å². The monoisotopic (exact) mass is 416 g/mol. The highest BCUT2D eigenvalue weighted by Crippen LogP contribution is 2.25. The molecule has 0 saturated heterocycles. The molecule has 31 heavy (non-hydrogen) atoms. The molecule has 0 amide bonds. The fraction of sp³-hybridized carbons (Fsp3) is 0.357. The molecule has 0 radical (unpaired) electrons. The molecule has 3 aromatic rings. The Hall–Kier alpha value is -2.62. The molecule has 2 aromatic carbocycles. The van der Waals surface area contributed by atoms with Crippen molar-refractivity contribution in [3.63, 3.8) is 0 Å². The molecule has 0 fully saturated rings. The topological polar surface area (TPSA) is 28.4 Å². The second-order valence-electron chi connectivity index (χ2n) is 9.64. The summed E-state index contributed by atoms with van der Waals surface area (Å²) in [6, 6.07) is 23.6. The molecule has 164 valence electrons. The van der Waals surface area contributed by atoms with E-state index in [0.717, 1.165) is 19.6 Å². The lowest BCUT2D eigenvalue weighted by Gasteiger charge is -2.38. The first-order chi connectivity index (χ1) is 14.7. The summed E-state index contributed by atoms with van der Waals surface area (Å²) < 4.78 is 2.30. The molecule has 0 aliphatic heterocycles. The van der Waals surface area contributed by atoms with Crippen LogP contribution in [0.25, 0.3) is 0 Å². The number of nitrogens with zero attached hydrogens (tertiary/aromatic N) is 2. The first kappa shape index (κ1) is 23.1. The molecular formula is C28H36N2O. The zero-order chi connectivity index (χ0) is 22.5. The van der Waals surface area contributed by atoms with Gasteiger partial charge >= 0.3 is 0 Å². The SMILES string of the molecule is C=CC(C)(CO)N(Cc1ccccc1)Cc1cccn1Cc1ccc(C(C)(C)C)cc1. The van der Waals surface area contributed by atoms with E-state index in [1.54, 1.807) is 0 Å². The molecule has 1 unspecified atom stereocenters. The molecule has 0 saturated carbocycles. The summed E-state index contributed by atoms with van der Waals surface area (Å²) in [4.78, 5) is 2.30. The first-order valence-electron chi connectivity index (χ1n) is 11.0. The van der Waals surface area contributed by atoms with Gasteiger partial charge in [0.15, 0.2) is 0 Å². The van der Waals surface area contributed by atoms with E-state index in [1.165, 1.54) is 22.4 Å². The Balaban J connectivity index is 1.81. The molecule has 0 spiro atoms. The van der Waals surface area contributed by atoms with Crippen LogP contribution in [0.15, 0.2) is 85.6 Å². The Morgan fingerprint density at radius 1 is 0.871 bits per heavy atom. The van der Waals surface area contributed by atoms with E-state index in [1.807, 2.05) is 19.1 Å². The van der Waals surface area contributed by atoms with Crippen molar-refractivity contribution in [1.29, 1.82) is 0 Å². The minimum absolute atomic E-state index is 0.0261. The second-order valence-corrected chi connectivity index (χ2v) is 9.64. The molecule has 0 aliphatic rings. The maximum atomic E-state index is 10.1. The van der Waals surface area contributed by atoms with Crippen LogP contribution in [0.1, 0.15) is 50.1 Å². The summed E-state index contributed by atoms with van der Waals surface area (Å²) in [7, 11) is 0. The minimum atomic E-state index is -0.501. The van der Waals surface area contributed by atoms with Crippen molar-refractivity contribution in [3.8, 4) is 0 Å². The predicted octanol–water partition coefficient (Wildman–Crippen LogP) is 5.77. The van der Waals surface area contributed by atoms with Crippen LogP contribution in [0.3, 0.4) is 0 Å². The smallest absolute Gasteiger partial charge is 0.0648 e. The quantitative estimate of drug-likeness (QED) is 0.448. The van der Waals surface area contributed by atoms with Crippen molar-refractivity contribution in [2.75, 3.05) is 6.61 Å². The number of hydrogen-bond acceptors (Lipinski definition) is 2. The van der Waals surface area contributed by atoms with Gasteiger partial charge in [0, 0.05) is 31.5 Å². The van der Waals surface area contributed by atoms with Crippen molar-refractivity contribution >= 4 is 0 Å². The number of aliphatic hydroxyl groups excluding tert-OH is 1. The molecule has 1 heterocycles. The number of aliphatic hydroxyl groups is 1. The van der Waals surface area contributed by atoms with Gasteiger partial charge in [0.25, 0.3) is 0 Å². The van der Waals surface area contributed by atoms with Crippen LogP contribution in [0, 0.1) is 0 Å². The van der Waals surface area contributed by atoms with E-state index in [0.29, 0.717) is 0 Å². The Bertz CT molecular complexity index is 966. The van der Waals surface area contributed by atoms with Gasteiger partial charge in [-0.25, -0.2) is 0 Å². The molecule has 1 N–H and O–H groups in total. The first-order valence-corrected chi connectivity index (χ1v) is 11.0. The summed E-state index contributed by atoms with van der Waals surface area (Å²) in [5, 5.41) is 10.1. The van der Waals surface area contributed by atoms with Crippen molar-refractivity contribution in [3.05, 3.63) is 108 Å². The van der Waals surface area contributed by atoms with E-state index < -0.39 is 5.54 Å². The van der Waals surface area contributed by atoms with Crippen LogP contribution >= 0.6 is 0 Å². The van der Waals surface area contributed by atoms with Crippen LogP contribution < -0.4 is 0 Å². The Kier molecular flexibility index (Phi) is 7.19. The second kappa shape index (κ2) is 9.67. The van der Waals surface area contributed by atoms with Gasteiger partial charge < -0.3 is 9.67 Å². The van der Waals surface area contributed by atoms with Crippen LogP contribution in [-0.2, 0) is 25.0 Å². The summed E-state index contributed by atoms with van der Waals surface area (Å²) in [5.41, 5.74) is 4.74. The molecule has 0 aliphatic carbocycles. The summed E-state index contributed by atoms with van der Waals surface area (Å²) >= 11 is 0. The maximum absolute atomic E-state index is 10.1.